The lowest BCUT2D eigenvalue weighted by Gasteiger charge is -2.59. The highest BCUT2D eigenvalue weighted by atomic mass is 79.9. The number of nitrogens with zero attached hydrogens (tertiary/aromatic N) is 2. The Morgan fingerprint density at radius 2 is 2.03 bits per heavy atom. The number of halogens is 1. The molecule has 0 bridgehead atoms. The molecule has 0 N–H and O–H groups in total. The molecule has 0 radical (unpaired) electrons. The maximum Gasteiger partial charge on any atom is 0.143 e. The Morgan fingerprint density at radius 3 is 2.79 bits per heavy atom. The first-order chi connectivity index (χ1) is 15.7. The van der Waals surface area contributed by atoms with Crippen molar-refractivity contribution >= 4 is 27.4 Å². The monoisotopic (exact) mass is 512 g/mol. The van der Waals surface area contributed by atoms with Crippen LogP contribution in [0.3, 0.4) is 0 Å². The van der Waals surface area contributed by atoms with Gasteiger partial charge < -0.3 is 4.84 Å². The lowest BCUT2D eigenvalue weighted by Crippen LogP contribution is -2.52. The topological polar surface area (TPSA) is 51.5 Å². The van der Waals surface area contributed by atoms with Gasteiger partial charge in [0.15, 0.2) is 0 Å². The molecule has 0 spiro atoms. The molecule has 1 aromatic rings. The molecule has 1 heterocycles. The molecule has 178 valence electrons. The third-order valence-electron chi connectivity index (χ3n) is 9.96. The van der Waals surface area contributed by atoms with Crippen molar-refractivity contribution in [3.63, 3.8) is 0 Å². The van der Waals surface area contributed by atoms with E-state index in [0.29, 0.717) is 24.2 Å². The quantitative estimate of drug-likeness (QED) is 0.403. The average Bonchev–Trinajstić information content (AvgIpc) is 3.12. The summed E-state index contributed by atoms with van der Waals surface area (Å²) in [5.41, 5.74) is 4.16. The number of Topliss-reactive ketones (excluding diaryl/α,β-unsaturated/α-hetero) is 1. The lowest BCUT2D eigenvalue weighted by atomic mass is 9.45. The molecular formula is C28H37BrN2O2. The molecule has 4 nitrogen and oxygen atoms in total. The Labute approximate surface area is 206 Å². The number of pyridine rings is 1. The van der Waals surface area contributed by atoms with E-state index >= 15 is 0 Å². The van der Waals surface area contributed by atoms with Gasteiger partial charge in [-0.1, -0.05) is 31.5 Å². The van der Waals surface area contributed by atoms with Gasteiger partial charge in [0.1, 0.15) is 12.4 Å². The highest BCUT2D eigenvalue weighted by Crippen LogP contribution is 2.67. The molecule has 4 aliphatic rings. The van der Waals surface area contributed by atoms with E-state index in [1.54, 1.807) is 11.8 Å². The summed E-state index contributed by atoms with van der Waals surface area (Å²) in [6.45, 7) is 9.65. The molecule has 7 atom stereocenters. The van der Waals surface area contributed by atoms with Crippen LogP contribution in [0.1, 0.15) is 78.2 Å². The van der Waals surface area contributed by atoms with E-state index in [9.17, 15) is 4.79 Å². The van der Waals surface area contributed by atoms with E-state index in [-0.39, 0.29) is 16.7 Å². The number of carbonyl (C=O) groups is 1. The van der Waals surface area contributed by atoms with Crippen LogP contribution in [0.4, 0.5) is 0 Å². The van der Waals surface area contributed by atoms with Gasteiger partial charge >= 0.3 is 0 Å². The molecule has 0 aromatic carbocycles. The Hall–Kier alpha value is -1.49. The van der Waals surface area contributed by atoms with E-state index < -0.39 is 0 Å². The first-order valence-electron chi connectivity index (χ1n) is 12.7. The number of hydrogen-bond acceptors (Lipinski definition) is 4. The minimum absolute atomic E-state index is 0.223. The van der Waals surface area contributed by atoms with Crippen LogP contribution in [0.5, 0.6) is 0 Å². The van der Waals surface area contributed by atoms with Crippen molar-refractivity contribution in [1.82, 2.24) is 4.98 Å². The molecule has 0 saturated heterocycles. The highest BCUT2D eigenvalue weighted by molar-refractivity contribution is 9.10. The molecule has 0 aliphatic heterocycles. The Balaban J connectivity index is 1.34. The van der Waals surface area contributed by atoms with Crippen molar-refractivity contribution in [3.8, 4) is 0 Å². The average molecular weight is 514 g/mol. The first-order valence-corrected chi connectivity index (χ1v) is 13.5. The molecule has 2 unspecified atom stereocenters. The van der Waals surface area contributed by atoms with E-state index in [4.69, 9.17) is 4.84 Å². The maximum absolute atomic E-state index is 12.4. The minimum atomic E-state index is 0.223. The summed E-state index contributed by atoms with van der Waals surface area (Å²) >= 11 is 3.46. The molecule has 0 amide bonds. The second kappa shape index (κ2) is 8.62. The summed E-state index contributed by atoms with van der Waals surface area (Å²) in [4.78, 5) is 22.3. The second-order valence-corrected chi connectivity index (χ2v) is 12.6. The number of hydrogen-bond donors (Lipinski definition) is 0. The van der Waals surface area contributed by atoms with Crippen LogP contribution in [0.25, 0.3) is 0 Å². The summed E-state index contributed by atoms with van der Waals surface area (Å²) in [5.74, 6) is 3.47. The highest BCUT2D eigenvalue weighted by Gasteiger charge is 2.60. The largest absolute Gasteiger partial charge is 0.391 e. The van der Waals surface area contributed by atoms with Crippen LogP contribution in [0.2, 0.25) is 0 Å². The molecular weight excluding hydrogens is 476 g/mol. The summed E-state index contributed by atoms with van der Waals surface area (Å²) in [6.07, 6.45) is 14.2. The number of aromatic nitrogens is 1. The van der Waals surface area contributed by atoms with Gasteiger partial charge in [-0.15, -0.1) is 0 Å². The van der Waals surface area contributed by atoms with Crippen molar-refractivity contribution in [3.05, 3.63) is 40.1 Å². The first kappa shape index (κ1) is 23.3. The minimum Gasteiger partial charge on any atom is -0.391 e. The third-order valence-corrected chi connectivity index (χ3v) is 10.4. The molecule has 1 aromatic heterocycles. The number of allylic oxidation sites excluding steroid dienone is 2. The van der Waals surface area contributed by atoms with Gasteiger partial charge in [-0.05, 0) is 114 Å². The van der Waals surface area contributed by atoms with Gasteiger partial charge in [-0.25, -0.2) is 0 Å². The number of rotatable bonds is 4. The van der Waals surface area contributed by atoms with Gasteiger partial charge in [0.25, 0.3) is 0 Å². The number of carbonyl (C=O) groups excluding carboxylic acids is 1. The van der Waals surface area contributed by atoms with Gasteiger partial charge in [-0.2, -0.15) is 0 Å². The molecule has 3 saturated carbocycles. The second-order valence-electron chi connectivity index (χ2n) is 11.7. The summed E-state index contributed by atoms with van der Waals surface area (Å²) in [7, 11) is 0. The standard InChI is InChI=1S/C28H37BrN2O2/c1-17-11-22-24-6-5-23(18(2)32)27(24,3)10-8-25(22)28(4)9-7-21(13-26(17)28)31-33-16-19-12-20(29)15-30-14-19/h12-15,17,22-25H,5-11,16H2,1-4H3/b31-21+/t17-,22?,23?,24-,25-,27+,28+/m0/s1. The van der Waals surface area contributed by atoms with E-state index in [1.807, 2.05) is 19.2 Å². The van der Waals surface area contributed by atoms with Crippen molar-refractivity contribution in [2.75, 3.05) is 0 Å². The van der Waals surface area contributed by atoms with Gasteiger partial charge in [0.2, 0.25) is 0 Å². The molecule has 5 heteroatoms. The molecule has 5 rings (SSSR count). The molecule has 3 fully saturated rings. The predicted molar refractivity (Wildman–Crippen MR) is 135 cm³/mol. The Kier molecular flexibility index (Phi) is 6.08. The number of oxime groups is 1. The predicted octanol–water partition coefficient (Wildman–Crippen LogP) is 7.13. The Bertz CT molecular complexity index is 1000. The molecule has 33 heavy (non-hydrogen) atoms. The van der Waals surface area contributed by atoms with Crippen molar-refractivity contribution in [1.29, 1.82) is 0 Å². The smallest absolute Gasteiger partial charge is 0.143 e. The zero-order chi connectivity index (χ0) is 23.4. The Morgan fingerprint density at radius 1 is 1.21 bits per heavy atom. The van der Waals surface area contributed by atoms with E-state index in [2.05, 4.69) is 52.9 Å². The van der Waals surface area contributed by atoms with Crippen molar-refractivity contribution < 1.29 is 9.63 Å². The van der Waals surface area contributed by atoms with Crippen LogP contribution in [-0.4, -0.2) is 16.5 Å². The number of fused-ring (bicyclic) bond motifs is 5. The van der Waals surface area contributed by atoms with Crippen LogP contribution in [0, 0.1) is 40.4 Å². The van der Waals surface area contributed by atoms with Crippen LogP contribution < -0.4 is 0 Å². The van der Waals surface area contributed by atoms with Gasteiger partial charge in [0.05, 0.1) is 5.71 Å². The van der Waals surface area contributed by atoms with E-state index in [0.717, 1.165) is 46.8 Å². The lowest BCUT2D eigenvalue weighted by molar-refractivity contribution is -0.128. The van der Waals surface area contributed by atoms with Crippen LogP contribution in [0.15, 0.2) is 39.7 Å². The van der Waals surface area contributed by atoms with Gasteiger partial charge in [-0.3, -0.25) is 9.78 Å². The normalized spacial score (nSPS) is 41.1. The van der Waals surface area contributed by atoms with Crippen LogP contribution >= 0.6 is 15.9 Å². The number of ketones is 1. The fourth-order valence-electron chi connectivity index (χ4n) is 8.46. The summed E-state index contributed by atoms with van der Waals surface area (Å²) in [6, 6.07) is 2.02. The summed E-state index contributed by atoms with van der Waals surface area (Å²) < 4.78 is 0.956. The zero-order valence-corrected chi connectivity index (χ0v) is 22.0. The third kappa shape index (κ3) is 3.92. The SMILES string of the molecule is CC(=O)C1CC[C@H]2C3C[C@H](C)C4=C/C(=N/OCc5cncc(Br)c5)CC[C@]4(C)[C@H]3CC[C@]12C. The maximum atomic E-state index is 12.4. The van der Waals surface area contributed by atoms with E-state index in [1.165, 1.54) is 25.7 Å². The molecule has 4 aliphatic carbocycles. The van der Waals surface area contributed by atoms with Crippen molar-refractivity contribution in [2.24, 2.45) is 45.6 Å². The van der Waals surface area contributed by atoms with Crippen LogP contribution in [-0.2, 0) is 16.2 Å². The summed E-state index contributed by atoms with van der Waals surface area (Å²) in [5, 5.41) is 4.52. The fourth-order valence-corrected chi connectivity index (χ4v) is 8.87. The fraction of sp³-hybridized carbons (Fsp3) is 0.679. The zero-order valence-electron chi connectivity index (χ0n) is 20.4. The van der Waals surface area contributed by atoms with Gasteiger partial charge in [0, 0.05) is 28.3 Å². The van der Waals surface area contributed by atoms with Crippen molar-refractivity contribution in [2.45, 2.75) is 79.2 Å².